The van der Waals surface area contributed by atoms with Crippen molar-refractivity contribution in [3.8, 4) is 0 Å². The SMILES string of the molecule is Cc1ccc(S(=O)(=O)N2C(=O)[C@@H](c3cc4ccccc4n3C)[C@@]3(C=C2c2ccccc2)C(=O)N(C)c2ccccc23)cc1. The molecule has 3 heterocycles. The molecule has 214 valence electrons. The molecule has 7 nitrogen and oxygen atoms in total. The lowest BCUT2D eigenvalue weighted by Gasteiger charge is -2.42. The first kappa shape index (κ1) is 26.9. The Hall–Kier alpha value is -4.95. The number of anilines is 1. The van der Waals surface area contributed by atoms with Gasteiger partial charge in [0.15, 0.2) is 0 Å². The number of aromatic nitrogens is 1. The molecule has 0 fully saturated rings. The predicted molar refractivity (Wildman–Crippen MR) is 167 cm³/mol. The normalized spacial score (nSPS) is 20.2. The van der Waals surface area contributed by atoms with Gasteiger partial charge >= 0.3 is 0 Å². The standard InChI is InChI=1S/C35H29N3O4S/c1-23-17-19-26(20-18-23)43(41,42)38-31(24-11-5-4-6-12-24)22-35(27-14-8-10-16-29(27)37(3)34(35)40)32(33(38)39)30-21-25-13-7-9-15-28(25)36(30)2/h4-22,32H,1-3H3/t32-,35+/m1/s1. The third-order valence-corrected chi connectivity index (χ3v) is 10.5. The molecule has 43 heavy (non-hydrogen) atoms. The zero-order valence-electron chi connectivity index (χ0n) is 23.9. The molecule has 1 aromatic heterocycles. The van der Waals surface area contributed by atoms with Gasteiger partial charge in [-0.25, -0.2) is 12.7 Å². The van der Waals surface area contributed by atoms with Crippen LogP contribution in [0.2, 0.25) is 0 Å². The molecule has 2 aliphatic rings. The van der Waals surface area contributed by atoms with Crippen LogP contribution in [0.25, 0.3) is 16.6 Å². The molecule has 7 rings (SSSR count). The van der Waals surface area contributed by atoms with E-state index in [2.05, 4.69) is 0 Å². The lowest BCUT2D eigenvalue weighted by molar-refractivity contribution is -0.133. The molecule has 0 unspecified atom stereocenters. The minimum atomic E-state index is -4.38. The summed E-state index contributed by atoms with van der Waals surface area (Å²) in [5, 5.41) is 0.890. The molecule has 4 aromatic carbocycles. The van der Waals surface area contributed by atoms with Crippen LogP contribution in [-0.2, 0) is 32.1 Å². The molecule has 0 saturated heterocycles. The van der Waals surface area contributed by atoms with Crippen molar-refractivity contribution >= 4 is 44.1 Å². The number of para-hydroxylation sites is 2. The number of amides is 2. The topological polar surface area (TPSA) is 79.7 Å². The van der Waals surface area contributed by atoms with Gasteiger partial charge in [-0.15, -0.1) is 0 Å². The van der Waals surface area contributed by atoms with Gasteiger partial charge in [0, 0.05) is 31.0 Å². The van der Waals surface area contributed by atoms with Gasteiger partial charge in [0.05, 0.1) is 10.6 Å². The second-order valence-electron chi connectivity index (χ2n) is 11.2. The quantitative estimate of drug-likeness (QED) is 0.268. The van der Waals surface area contributed by atoms with Crippen molar-refractivity contribution in [1.82, 2.24) is 8.87 Å². The van der Waals surface area contributed by atoms with E-state index >= 15 is 4.79 Å². The first-order valence-corrected chi connectivity index (χ1v) is 15.5. The Balaban J connectivity index is 1.60. The van der Waals surface area contributed by atoms with Gasteiger partial charge in [0.25, 0.3) is 15.9 Å². The number of nitrogens with zero attached hydrogens (tertiary/aromatic N) is 3. The second kappa shape index (κ2) is 9.54. The van der Waals surface area contributed by atoms with Crippen molar-refractivity contribution in [2.45, 2.75) is 23.2 Å². The van der Waals surface area contributed by atoms with E-state index in [1.807, 2.05) is 79.2 Å². The molecule has 1 spiro atoms. The van der Waals surface area contributed by atoms with Crippen LogP contribution in [-0.4, -0.2) is 36.2 Å². The smallest absolute Gasteiger partial charge is 0.270 e. The van der Waals surface area contributed by atoms with E-state index in [4.69, 9.17) is 0 Å². The Kier molecular flexibility index (Phi) is 5.97. The largest absolute Gasteiger partial charge is 0.347 e. The molecular weight excluding hydrogens is 558 g/mol. The fraction of sp³-hybridized carbons (Fsp3) is 0.143. The van der Waals surface area contributed by atoms with Crippen LogP contribution in [0.4, 0.5) is 5.69 Å². The minimum Gasteiger partial charge on any atom is -0.347 e. The van der Waals surface area contributed by atoms with Crippen LogP contribution in [0, 0.1) is 6.92 Å². The lowest BCUT2D eigenvalue weighted by atomic mass is 9.66. The van der Waals surface area contributed by atoms with Crippen molar-refractivity contribution < 1.29 is 18.0 Å². The fourth-order valence-corrected chi connectivity index (χ4v) is 8.10. The minimum absolute atomic E-state index is 0.00436. The van der Waals surface area contributed by atoms with Gasteiger partial charge in [0.1, 0.15) is 11.3 Å². The van der Waals surface area contributed by atoms with Gasteiger partial charge in [-0.1, -0.05) is 84.4 Å². The number of carbonyl (C=O) groups excluding carboxylic acids is 2. The van der Waals surface area contributed by atoms with Crippen molar-refractivity contribution in [2.24, 2.45) is 7.05 Å². The maximum absolute atomic E-state index is 15.2. The number of fused-ring (bicyclic) bond motifs is 3. The molecule has 0 N–H and O–H groups in total. The van der Waals surface area contributed by atoms with E-state index in [1.165, 1.54) is 12.1 Å². The molecule has 5 aromatic rings. The number of aryl methyl sites for hydroxylation is 2. The number of hydrogen-bond acceptors (Lipinski definition) is 4. The van der Waals surface area contributed by atoms with Crippen molar-refractivity contribution in [3.63, 3.8) is 0 Å². The van der Waals surface area contributed by atoms with Crippen molar-refractivity contribution in [2.75, 3.05) is 11.9 Å². The van der Waals surface area contributed by atoms with Gasteiger partial charge < -0.3 is 9.47 Å². The number of carbonyl (C=O) groups is 2. The van der Waals surface area contributed by atoms with Crippen LogP contribution in [0.5, 0.6) is 0 Å². The van der Waals surface area contributed by atoms with Gasteiger partial charge in [0.2, 0.25) is 5.91 Å². The summed E-state index contributed by atoms with van der Waals surface area (Å²) in [6.45, 7) is 1.87. The highest BCUT2D eigenvalue weighted by atomic mass is 32.2. The Morgan fingerprint density at radius 2 is 1.42 bits per heavy atom. The molecule has 0 aliphatic carbocycles. The van der Waals surface area contributed by atoms with Crippen LogP contribution < -0.4 is 4.90 Å². The highest BCUT2D eigenvalue weighted by Crippen LogP contribution is 2.56. The van der Waals surface area contributed by atoms with Gasteiger partial charge in [-0.2, -0.15) is 0 Å². The Morgan fingerprint density at radius 3 is 2.14 bits per heavy atom. The van der Waals surface area contributed by atoms with E-state index in [0.29, 0.717) is 22.5 Å². The molecule has 0 saturated carbocycles. The highest BCUT2D eigenvalue weighted by molar-refractivity contribution is 7.90. The summed E-state index contributed by atoms with van der Waals surface area (Å²) < 4.78 is 31.8. The maximum atomic E-state index is 15.2. The van der Waals surface area contributed by atoms with Crippen LogP contribution in [0.1, 0.15) is 28.3 Å². The van der Waals surface area contributed by atoms with Crippen LogP contribution >= 0.6 is 0 Å². The Labute approximate surface area is 250 Å². The number of likely N-dealkylation sites (N-methyl/N-ethyl adjacent to an activating group) is 1. The Morgan fingerprint density at radius 1 is 0.767 bits per heavy atom. The predicted octanol–water partition coefficient (Wildman–Crippen LogP) is 5.76. The molecule has 2 atom stereocenters. The van der Waals surface area contributed by atoms with E-state index in [-0.39, 0.29) is 16.5 Å². The van der Waals surface area contributed by atoms with E-state index < -0.39 is 27.3 Å². The van der Waals surface area contributed by atoms with Crippen LogP contribution in [0.15, 0.2) is 120 Å². The summed E-state index contributed by atoms with van der Waals surface area (Å²) >= 11 is 0. The summed E-state index contributed by atoms with van der Waals surface area (Å²) in [6.07, 6.45) is 1.71. The average molecular weight is 588 g/mol. The summed E-state index contributed by atoms with van der Waals surface area (Å²) in [5.41, 5.74) is 2.84. The fourth-order valence-electron chi connectivity index (χ4n) is 6.64. The number of sulfonamides is 1. The highest BCUT2D eigenvalue weighted by Gasteiger charge is 2.62. The summed E-state index contributed by atoms with van der Waals surface area (Å²) in [6, 6.07) is 32.4. The Bertz CT molecular complexity index is 2080. The van der Waals surface area contributed by atoms with Crippen molar-refractivity contribution in [1.29, 1.82) is 0 Å². The first-order valence-electron chi connectivity index (χ1n) is 14.0. The number of rotatable bonds is 4. The maximum Gasteiger partial charge on any atom is 0.270 e. The number of hydrogen-bond donors (Lipinski definition) is 0. The zero-order valence-corrected chi connectivity index (χ0v) is 24.7. The van der Waals surface area contributed by atoms with E-state index in [9.17, 15) is 13.2 Å². The van der Waals surface area contributed by atoms with E-state index in [0.717, 1.165) is 20.8 Å². The zero-order chi connectivity index (χ0) is 30.1. The van der Waals surface area contributed by atoms with Crippen LogP contribution in [0.3, 0.4) is 0 Å². The van der Waals surface area contributed by atoms with Gasteiger partial charge in [-0.3, -0.25) is 9.59 Å². The molecule has 0 radical (unpaired) electrons. The summed E-state index contributed by atoms with van der Waals surface area (Å²) in [4.78, 5) is 31.3. The van der Waals surface area contributed by atoms with Gasteiger partial charge in [-0.05, 0) is 59.8 Å². The number of benzene rings is 4. The summed E-state index contributed by atoms with van der Waals surface area (Å²) in [5.74, 6) is -2.15. The average Bonchev–Trinajstić information content (AvgIpc) is 3.45. The monoisotopic (exact) mass is 587 g/mol. The summed E-state index contributed by atoms with van der Waals surface area (Å²) in [7, 11) is -0.833. The third-order valence-electron chi connectivity index (χ3n) is 8.77. The molecular formula is C35H29N3O4S. The molecule has 2 amide bonds. The first-order chi connectivity index (χ1) is 20.7. The molecule has 0 bridgehead atoms. The van der Waals surface area contributed by atoms with E-state index in [1.54, 1.807) is 54.4 Å². The lowest BCUT2D eigenvalue weighted by Crippen LogP contribution is -2.54. The molecule has 2 aliphatic heterocycles. The molecule has 8 heteroatoms. The van der Waals surface area contributed by atoms with Crippen molar-refractivity contribution in [3.05, 3.63) is 138 Å². The second-order valence-corrected chi connectivity index (χ2v) is 13.0. The third kappa shape index (κ3) is 3.76.